The van der Waals surface area contributed by atoms with Crippen LogP contribution in [-0.4, -0.2) is 53.1 Å². The molecule has 0 amide bonds. The summed E-state index contributed by atoms with van der Waals surface area (Å²) in [4.78, 5) is 2.23. The molecule has 28 heavy (non-hydrogen) atoms. The molecule has 1 saturated heterocycles. The van der Waals surface area contributed by atoms with E-state index in [0.29, 0.717) is 19.1 Å². The molecule has 0 spiro atoms. The van der Waals surface area contributed by atoms with Crippen molar-refractivity contribution in [2.24, 2.45) is 0 Å². The van der Waals surface area contributed by atoms with E-state index in [1.165, 1.54) is 24.7 Å². The van der Waals surface area contributed by atoms with E-state index in [-0.39, 0.29) is 6.04 Å². The van der Waals surface area contributed by atoms with Gasteiger partial charge in [0.1, 0.15) is 5.82 Å². The Morgan fingerprint density at radius 2 is 1.96 bits per heavy atom. The molecular formula is C19H27N5O2S2. The fourth-order valence-corrected chi connectivity index (χ4v) is 4.93. The van der Waals surface area contributed by atoms with Crippen LogP contribution in [0.4, 0.5) is 0 Å². The molecule has 1 unspecified atom stereocenters. The lowest BCUT2D eigenvalue weighted by atomic mass is 10.1. The van der Waals surface area contributed by atoms with E-state index in [2.05, 4.69) is 26.3 Å². The summed E-state index contributed by atoms with van der Waals surface area (Å²) in [5.74, 6) is 1.59. The maximum absolute atomic E-state index is 11.6. The third kappa shape index (κ3) is 4.89. The minimum Gasteiger partial charge on any atom is -0.299 e. The molecular weight excluding hydrogens is 394 g/mol. The van der Waals surface area contributed by atoms with Crippen LogP contribution in [0.3, 0.4) is 0 Å². The van der Waals surface area contributed by atoms with Gasteiger partial charge in [-0.15, -0.1) is 0 Å². The molecule has 9 heteroatoms. The first kappa shape index (κ1) is 19.8. The van der Waals surface area contributed by atoms with Crippen LogP contribution in [0.15, 0.2) is 30.3 Å². The van der Waals surface area contributed by atoms with Crippen molar-refractivity contribution in [1.29, 1.82) is 0 Å². The molecule has 7 nitrogen and oxygen atoms in total. The molecule has 1 aromatic heterocycles. The lowest BCUT2D eigenvalue weighted by Gasteiger charge is -2.32. The van der Waals surface area contributed by atoms with Crippen LogP contribution in [0.25, 0.3) is 0 Å². The first-order valence-electron chi connectivity index (χ1n) is 9.80. The molecule has 1 saturated carbocycles. The van der Waals surface area contributed by atoms with Gasteiger partial charge in [-0.05, 0) is 43.5 Å². The predicted molar refractivity (Wildman–Crippen MR) is 111 cm³/mol. The number of nitrogens with one attached hydrogen (secondary N) is 1. The van der Waals surface area contributed by atoms with Gasteiger partial charge in [0, 0.05) is 25.0 Å². The van der Waals surface area contributed by atoms with E-state index >= 15 is 0 Å². The minimum atomic E-state index is -3.19. The van der Waals surface area contributed by atoms with Crippen LogP contribution < -0.4 is 4.72 Å². The van der Waals surface area contributed by atoms with Crippen molar-refractivity contribution in [3.8, 4) is 0 Å². The standard InChI is InChI=1S/C19H27N5O2S2/c1-28(25,26)21-17-8-5-11-22(13-17)14-24-19(27)23(18(20-24)16-9-10-16)12-15-6-3-2-4-7-15/h2-4,6-7,16-17,21H,5,8-14H2,1H3. The van der Waals surface area contributed by atoms with Gasteiger partial charge in [-0.3, -0.25) is 9.47 Å². The first-order valence-corrected chi connectivity index (χ1v) is 12.1. The van der Waals surface area contributed by atoms with Crippen molar-refractivity contribution in [3.05, 3.63) is 46.5 Å². The SMILES string of the molecule is CS(=O)(=O)NC1CCCN(Cn2nc(C3CC3)n(Cc3ccccc3)c2=S)C1. The summed E-state index contributed by atoms with van der Waals surface area (Å²) < 4.78 is 30.7. The Hall–Kier alpha value is -1.55. The maximum atomic E-state index is 11.6. The number of rotatable bonds is 7. The Bertz CT molecular complexity index is 979. The number of piperidine rings is 1. The zero-order valence-corrected chi connectivity index (χ0v) is 17.8. The smallest absolute Gasteiger partial charge is 0.208 e. The van der Waals surface area contributed by atoms with Crippen LogP contribution >= 0.6 is 12.2 Å². The van der Waals surface area contributed by atoms with Crippen molar-refractivity contribution in [2.45, 2.75) is 50.9 Å². The van der Waals surface area contributed by atoms with Crippen LogP contribution in [-0.2, 0) is 23.2 Å². The largest absolute Gasteiger partial charge is 0.299 e. The van der Waals surface area contributed by atoms with Crippen LogP contribution in [0, 0.1) is 4.77 Å². The third-order valence-corrected chi connectivity index (χ3v) is 6.49. The zero-order chi connectivity index (χ0) is 19.7. The van der Waals surface area contributed by atoms with Crippen LogP contribution in [0.5, 0.6) is 0 Å². The van der Waals surface area contributed by atoms with Crippen molar-refractivity contribution >= 4 is 22.2 Å². The zero-order valence-electron chi connectivity index (χ0n) is 16.1. The fourth-order valence-electron chi connectivity index (χ4n) is 3.88. The van der Waals surface area contributed by atoms with Gasteiger partial charge in [0.25, 0.3) is 0 Å². The number of nitrogens with zero attached hydrogens (tertiary/aromatic N) is 4. The highest BCUT2D eigenvalue weighted by atomic mass is 32.2. The normalized spacial score (nSPS) is 21.1. The van der Waals surface area contributed by atoms with Crippen molar-refractivity contribution in [1.82, 2.24) is 24.0 Å². The summed E-state index contributed by atoms with van der Waals surface area (Å²) in [5, 5.41) is 4.86. The summed E-state index contributed by atoms with van der Waals surface area (Å²) in [5.41, 5.74) is 1.22. The van der Waals surface area contributed by atoms with E-state index in [4.69, 9.17) is 17.3 Å². The topological polar surface area (TPSA) is 72.2 Å². The molecule has 1 atom stereocenters. The summed E-state index contributed by atoms with van der Waals surface area (Å²) in [6.45, 7) is 2.94. The second-order valence-electron chi connectivity index (χ2n) is 7.93. The van der Waals surface area contributed by atoms with Gasteiger partial charge in [0.05, 0.1) is 19.5 Å². The second kappa shape index (κ2) is 8.06. The molecule has 2 fully saturated rings. The van der Waals surface area contributed by atoms with Crippen LogP contribution in [0.1, 0.15) is 43.0 Å². The van der Waals surface area contributed by atoms with E-state index in [0.717, 1.165) is 36.5 Å². The highest BCUT2D eigenvalue weighted by Gasteiger charge is 2.31. The lowest BCUT2D eigenvalue weighted by molar-refractivity contribution is 0.152. The average molecular weight is 422 g/mol. The van der Waals surface area contributed by atoms with Gasteiger partial charge < -0.3 is 0 Å². The molecule has 1 N–H and O–H groups in total. The lowest BCUT2D eigenvalue weighted by Crippen LogP contribution is -2.47. The Kier molecular flexibility index (Phi) is 5.69. The minimum absolute atomic E-state index is 0.0489. The van der Waals surface area contributed by atoms with E-state index in [9.17, 15) is 8.42 Å². The highest BCUT2D eigenvalue weighted by molar-refractivity contribution is 7.88. The van der Waals surface area contributed by atoms with Crippen molar-refractivity contribution in [3.63, 3.8) is 0 Å². The summed E-state index contributed by atoms with van der Waals surface area (Å²) in [6.07, 6.45) is 5.38. The number of aromatic nitrogens is 3. The van der Waals surface area contributed by atoms with Gasteiger partial charge in [-0.1, -0.05) is 30.3 Å². The van der Waals surface area contributed by atoms with Gasteiger partial charge >= 0.3 is 0 Å². The second-order valence-corrected chi connectivity index (χ2v) is 10.1. The van der Waals surface area contributed by atoms with Gasteiger partial charge in [-0.2, -0.15) is 5.10 Å². The maximum Gasteiger partial charge on any atom is 0.208 e. The van der Waals surface area contributed by atoms with Gasteiger partial charge in [-0.25, -0.2) is 17.8 Å². The molecule has 1 aliphatic heterocycles. The molecule has 152 valence electrons. The molecule has 0 radical (unpaired) electrons. The number of benzene rings is 1. The summed E-state index contributed by atoms with van der Waals surface area (Å²) in [6, 6.07) is 10.3. The summed E-state index contributed by atoms with van der Waals surface area (Å²) in [7, 11) is -3.19. The molecule has 0 bridgehead atoms. The van der Waals surface area contributed by atoms with Crippen molar-refractivity contribution in [2.75, 3.05) is 19.3 Å². The van der Waals surface area contributed by atoms with Crippen molar-refractivity contribution < 1.29 is 8.42 Å². The number of hydrogen-bond donors (Lipinski definition) is 1. The monoisotopic (exact) mass is 421 g/mol. The quantitative estimate of drug-likeness (QED) is 0.695. The molecule has 1 aromatic carbocycles. The average Bonchev–Trinajstić information content (AvgIpc) is 3.43. The molecule has 4 rings (SSSR count). The Labute approximate surface area is 171 Å². The Morgan fingerprint density at radius 1 is 1.21 bits per heavy atom. The van der Waals surface area contributed by atoms with Crippen LogP contribution in [0.2, 0.25) is 0 Å². The first-order chi connectivity index (χ1) is 13.4. The number of hydrogen-bond acceptors (Lipinski definition) is 5. The Balaban J connectivity index is 1.52. The molecule has 2 aliphatic rings. The summed E-state index contributed by atoms with van der Waals surface area (Å²) >= 11 is 5.77. The molecule has 2 aromatic rings. The van der Waals surface area contributed by atoms with E-state index < -0.39 is 10.0 Å². The Morgan fingerprint density at radius 3 is 2.64 bits per heavy atom. The predicted octanol–water partition coefficient (Wildman–Crippen LogP) is 2.31. The third-order valence-electron chi connectivity index (χ3n) is 5.30. The molecule has 2 heterocycles. The number of sulfonamides is 1. The highest BCUT2D eigenvalue weighted by Crippen LogP contribution is 2.39. The van der Waals surface area contributed by atoms with Gasteiger partial charge in [0.15, 0.2) is 4.77 Å². The van der Waals surface area contributed by atoms with E-state index in [1.807, 2.05) is 22.9 Å². The van der Waals surface area contributed by atoms with E-state index in [1.54, 1.807) is 0 Å². The molecule has 1 aliphatic carbocycles. The fraction of sp³-hybridized carbons (Fsp3) is 0.579. The van der Waals surface area contributed by atoms with Gasteiger partial charge in [0.2, 0.25) is 10.0 Å². The number of likely N-dealkylation sites (tertiary alicyclic amines) is 1.